The summed E-state index contributed by atoms with van der Waals surface area (Å²) in [4.78, 5) is 7.08. The summed E-state index contributed by atoms with van der Waals surface area (Å²) in [6.45, 7) is 4.17. The molecule has 0 radical (unpaired) electrons. The predicted octanol–water partition coefficient (Wildman–Crippen LogP) is 1.99. The third-order valence-electron chi connectivity index (χ3n) is 1.01. The van der Waals surface area contributed by atoms with Crippen LogP contribution >= 0.6 is 0 Å². The van der Waals surface area contributed by atoms with Gasteiger partial charge in [0, 0.05) is 28.8 Å². The van der Waals surface area contributed by atoms with Crippen molar-refractivity contribution >= 4 is 0 Å². The van der Waals surface area contributed by atoms with Crippen LogP contribution in [0.4, 0.5) is 0 Å². The Morgan fingerprint density at radius 3 is 1.28 bits per heavy atom. The molecule has 106 valence electrons. The van der Waals surface area contributed by atoms with Crippen LogP contribution in [0.3, 0.4) is 0 Å². The molecule has 0 saturated heterocycles. The summed E-state index contributed by atoms with van der Waals surface area (Å²) >= 11 is 0. The Morgan fingerprint density at radius 2 is 1.17 bits per heavy atom. The molecule has 0 heterocycles. The average Bonchev–Trinajstić information content (AvgIpc) is 2.42. The molecule has 1 rings (SSSR count). The number of hydrogen-bond donors (Lipinski definition) is 4. The molecule has 0 aliphatic heterocycles. The smallest absolute Gasteiger partial charge is 0.115 e. The Hall–Kier alpha value is -0.466. The predicted molar refractivity (Wildman–Crippen MR) is 64.8 cm³/mol. The summed E-state index contributed by atoms with van der Waals surface area (Å²) < 4.78 is 0. The van der Waals surface area contributed by atoms with Gasteiger partial charge >= 0.3 is 0 Å². The minimum atomic E-state index is 0. The van der Waals surface area contributed by atoms with Gasteiger partial charge in [-0.25, -0.2) is 9.78 Å². The molecule has 0 saturated carbocycles. The van der Waals surface area contributed by atoms with Crippen molar-refractivity contribution in [3.05, 3.63) is 30.3 Å². The Morgan fingerprint density at radius 1 is 0.889 bits per heavy atom. The van der Waals surface area contributed by atoms with Crippen LogP contribution in [0.5, 0.6) is 5.75 Å². The zero-order valence-corrected chi connectivity index (χ0v) is 12.5. The van der Waals surface area contributed by atoms with E-state index < -0.39 is 0 Å². The molecule has 0 aliphatic rings. The summed E-state index contributed by atoms with van der Waals surface area (Å²) in [5.41, 5.74) is 0. The van der Waals surface area contributed by atoms with E-state index in [9.17, 15) is 0 Å². The number of aliphatic hydroxyl groups is 1. The maximum atomic E-state index is 8.63. The summed E-state index contributed by atoms with van der Waals surface area (Å²) in [5, 5.41) is 30.4. The molecule has 0 spiro atoms. The Kier molecular flexibility index (Phi) is 43.6. The normalized spacial score (nSPS) is 7.00. The van der Waals surface area contributed by atoms with E-state index in [1.807, 2.05) is 6.07 Å². The van der Waals surface area contributed by atoms with Gasteiger partial charge in [0.15, 0.2) is 0 Å². The molecule has 0 atom stereocenters. The van der Waals surface area contributed by atoms with Crippen molar-refractivity contribution in [2.45, 2.75) is 13.8 Å². The molecule has 0 aromatic heterocycles. The van der Waals surface area contributed by atoms with Crippen LogP contribution in [0.25, 0.3) is 0 Å². The van der Waals surface area contributed by atoms with E-state index in [4.69, 9.17) is 20.7 Å². The van der Waals surface area contributed by atoms with Gasteiger partial charge in [-0.1, -0.05) is 18.2 Å². The van der Waals surface area contributed by atoms with E-state index >= 15 is 0 Å². The van der Waals surface area contributed by atoms with Gasteiger partial charge in [0.05, 0.1) is 13.2 Å². The quantitative estimate of drug-likeness (QED) is 0.378. The van der Waals surface area contributed by atoms with Crippen molar-refractivity contribution < 1.29 is 52.2 Å². The van der Waals surface area contributed by atoms with Crippen LogP contribution in [0.2, 0.25) is 0 Å². The van der Waals surface area contributed by atoms with E-state index in [0.29, 0.717) is 19.0 Å². The fraction of sp³-hybridized carbons (Fsp3) is 0.455. The second kappa shape index (κ2) is 30.0. The first-order valence-electron chi connectivity index (χ1n) is 4.94. The van der Waals surface area contributed by atoms with Gasteiger partial charge in [-0.2, -0.15) is 0 Å². The number of rotatable bonds is 2. The van der Waals surface area contributed by atoms with Gasteiger partial charge in [-0.15, -0.1) is 0 Å². The van der Waals surface area contributed by atoms with Gasteiger partial charge in [0.2, 0.25) is 0 Å². The molecular weight excluding hydrogens is 276 g/mol. The minimum Gasteiger partial charge on any atom is -0.508 e. The molecule has 0 fully saturated rings. The minimum absolute atomic E-state index is 0. The van der Waals surface area contributed by atoms with Gasteiger partial charge in [0.25, 0.3) is 0 Å². The molecule has 4 N–H and O–H groups in total. The first-order valence-corrected chi connectivity index (χ1v) is 4.94. The van der Waals surface area contributed by atoms with Crippen LogP contribution in [0.15, 0.2) is 30.3 Å². The van der Waals surface area contributed by atoms with Crippen LogP contribution in [-0.4, -0.2) is 41.1 Å². The van der Waals surface area contributed by atoms with Crippen molar-refractivity contribution in [3.8, 4) is 5.75 Å². The van der Waals surface area contributed by atoms with Gasteiger partial charge in [-0.05, 0) is 26.0 Å². The fourth-order valence-corrected chi connectivity index (χ4v) is 0.428. The van der Waals surface area contributed by atoms with Crippen LogP contribution in [0, 0.1) is 0 Å². The summed E-state index contributed by atoms with van der Waals surface area (Å²) in [5.74, 6) is 0.322. The van der Waals surface area contributed by atoms with Crippen LogP contribution in [-0.2, 0) is 31.5 Å². The number of hydrogen-bond acceptors (Lipinski definition) is 6. The van der Waals surface area contributed by atoms with Crippen molar-refractivity contribution in [2.75, 3.05) is 20.3 Å². The number of para-hydroxylation sites is 1. The van der Waals surface area contributed by atoms with Crippen molar-refractivity contribution in [2.24, 2.45) is 0 Å². The van der Waals surface area contributed by atoms with E-state index in [0.717, 1.165) is 7.11 Å². The van der Waals surface area contributed by atoms with Gasteiger partial charge < -0.3 is 10.2 Å². The Labute approximate surface area is 123 Å². The zero-order valence-electron chi connectivity index (χ0n) is 10.9. The monoisotopic (exact) mass is 298 g/mol. The average molecular weight is 298 g/mol. The third-order valence-corrected chi connectivity index (χ3v) is 1.01. The van der Waals surface area contributed by atoms with E-state index in [-0.39, 0.29) is 21.7 Å². The molecular formula is C11H22O6Ti. The molecule has 0 amide bonds. The van der Waals surface area contributed by atoms with E-state index in [1.54, 1.807) is 38.1 Å². The van der Waals surface area contributed by atoms with Crippen LogP contribution in [0.1, 0.15) is 13.8 Å². The van der Waals surface area contributed by atoms with E-state index in [1.165, 1.54) is 0 Å². The first-order chi connectivity index (χ1) is 8.22. The van der Waals surface area contributed by atoms with Crippen molar-refractivity contribution in [3.63, 3.8) is 0 Å². The molecule has 0 bridgehead atoms. The number of phenols is 1. The number of aliphatic hydroxyl groups excluding tert-OH is 1. The SMILES string of the molecule is CCOO.CCOO.CO.Oc1ccccc1.[Ti]. The molecule has 6 nitrogen and oxygen atoms in total. The topological polar surface area (TPSA) is 99.4 Å². The van der Waals surface area contributed by atoms with Crippen molar-refractivity contribution in [1.82, 2.24) is 0 Å². The van der Waals surface area contributed by atoms with Crippen LogP contribution < -0.4 is 0 Å². The number of aromatic hydroxyl groups is 1. The van der Waals surface area contributed by atoms with E-state index in [2.05, 4.69) is 9.78 Å². The zero-order chi connectivity index (χ0) is 13.9. The largest absolute Gasteiger partial charge is 0.508 e. The second-order valence-corrected chi connectivity index (χ2v) is 2.17. The standard InChI is InChI=1S/C6H6O.2C2H6O2.CH4O.Ti/c7-6-4-2-1-3-5-6;2*1-2-4-3;1-2;/h1-5,7H;2*3H,2H2,1H3;2H,1H3;. The summed E-state index contributed by atoms with van der Waals surface area (Å²) in [6.07, 6.45) is 0. The molecule has 7 heteroatoms. The molecule has 1 aromatic carbocycles. The molecule has 1 aromatic rings. The Bertz CT molecular complexity index is 190. The molecule has 0 aliphatic carbocycles. The second-order valence-electron chi connectivity index (χ2n) is 2.17. The molecule has 18 heavy (non-hydrogen) atoms. The first kappa shape index (κ1) is 26.2. The number of benzene rings is 1. The van der Waals surface area contributed by atoms with Gasteiger partial charge in [-0.3, -0.25) is 10.5 Å². The maximum Gasteiger partial charge on any atom is 0.115 e. The van der Waals surface area contributed by atoms with Gasteiger partial charge in [0.1, 0.15) is 5.75 Å². The number of phenolic OH excluding ortho intramolecular Hbond substituents is 1. The third kappa shape index (κ3) is 36.1. The summed E-state index contributed by atoms with van der Waals surface area (Å²) in [7, 11) is 1.00. The molecule has 0 unspecified atom stereocenters. The Balaban J connectivity index is -0.0000000789. The summed E-state index contributed by atoms with van der Waals surface area (Å²) in [6, 6.07) is 8.71. The maximum absolute atomic E-state index is 8.63. The van der Waals surface area contributed by atoms with Crippen molar-refractivity contribution in [1.29, 1.82) is 0 Å². The fourth-order valence-electron chi connectivity index (χ4n) is 0.428.